The Morgan fingerprint density at radius 3 is 2.53 bits per heavy atom. The molecule has 0 spiro atoms. The molecule has 3 aromatic rings. The van der Waals surface area contributed by atoms with Crippen LogP contribution >= 0.6 is 0 Å². The summed E-state index contributed by atoms with van der Waals surface area (Å²) < 4.78 is 20.1. The van der Waals surface area contributed by atoms with Gasteiger partial charge in [0, 0.05) is 23.0 Å². The van der Waals surface area contributed by atoms with E-state index in [-0.39, 0.29) is 11.5 Å². The second-order valence-electron chi connectivity index (χ2n) is 6.82. The fraction of sp³-hybridized carbons (Fsp3) is 0.136. The first-order valence-corrected chi connectivity index (χ1v) is 9.23. The number of hydrogen-bond donors (Lipinski definition) is 2. The molecule has 1 aromatic heterocycles. The van der Waals surface area contributed by atoms with Crippen molar-refractivity contribution < 1.29 is 18.7 Å². The molecule has 0 bridgehead atoms. The number of nitrogens with one attached hydrogen (secondary N) is 2. The summed E-state index contributed by atoms with van der Waals surface area (Å²) in [4.78, 5) is 24.7. The molecule has 1 fully saturated rings. The second-order valence-corrected chi connectivity index (χ2v) is 6.82. The van der Waals surface area contributed by atoms with E-state index < -0.39 is 24.0 Å². The highest BCUT2D eigenvalue weighted by atomic mass is 19.1. The highest BCUT2D eigenvalue weighted by molar-refractivity contribution is 5.86. The summed E-state index contributed by atoms with van der Waals surface area (Å²) in [5, 5.41) is 9.97. The molecule has 2 N–H and O–H groups in total. The lowest BCUT2D eigenvalue weighted by Crippen LogP contribution is -2.51. The molecule has 1 aliphatic rings. The lowest BCUT2D eigenvalue weighted by Gasteiger charge is -2.32. The summed E-state index contributed by atoms with van der Waals surface area (Å²) in [7, 11) is 1.28. The number of carbonyl (C=O) groups excluding carboxylic acids is 2. The summed E-state index contributed by atoms with van der Waals surface area (Å²) in [5.41, 5.74) is 2.75. The minimum atomic E-state index is -0.861. The van der Waals surface area contributed by atoms with Crippen molar-refractivity contribution in [2.24, 2.45) is 5.92 Å². The molecule has 2 aromatic carbocycles. The smallest absolute Gasteiger partial charge is 0.319 e. The van der Waals surface area contributed by atoms with Crippen LogP contribution in [0.25, 0.3) is 16.9 Å². The highest BCUT2D eigenvalue weighted by Crippen LogP contribution is 2.36. The summed E-state index contributed by atoms with van der Waals surface area (Å²) in [6, 6.07) is 14.0. The number of hydrogen-bond acceptors (Lipinski definition) is 4. The number of benzene rings is 2. The zero-order chi connectivity index (χ0) is 21.3. The van der Waals surface area contributed by atoms with E-state index >= 15 is 0 Å². The Hall–Kier alpha value is -3.94. The Bertz CT molecular complexity index is 1110. The zero-order valence-corrected chi connectivity index (χ0v) is 16.1. The van der Waals surface area contributed by atoms with Crippen molar-refractivity contribution in [2.75, 3.05) is 7.11 Å². The molecular formula is C22H19FN4O3. The second kappa shape index (κ2) is 7.82. The lowest BCUT2D eigenvalue weighted by molar-refractivity contribution is -0.145. The first-order valence-electron chi connectivity index (χ1n) is 9.23. The van der Waals surface area contributed by atoms with Crippen molar-refractivity contribution in [3.05, 3.63) is 84.5 Å². The first kappa shape index (κ1) is 19.4. The average molecular weight is 406 g/mol. The van der Waals surface area contributed by atoms with Gasteiger partial charge in [0.05, 0.1) is 24.5 Å². The van der Waals surface area contributed by atoms with Crippen LogP contribution in [0.3, 0.4) is 0 Å². The van der Waals surface area contributed by atoms with E-state index in [9.17, 15) is 14.0 Å². The summed E-state index contributed by atoms with van der Waals surface area (Å²) in [5.74, 6) is -1.78. The Balaban J connectivity index is 1.89. The van der Waals surface area contributed by atoms with Crippen molar-refractivity contribution in [1.29, 1.82) is 0 Å². The highest BCUT2D eigenvalue weighted by Gasteiger charge is 2.40. The summed E-state index contributed by atoms with van der Waals surface area (Å²) in [6.07, 6.45) is 1.74. The van der Waals surface area contributed by atoms with E-state index in [1.54, 1.807) is 23.0 Å². The van der Waals surface area contributed by atoms with Gasteiger partial charge in [-0.3, -0.25) is 4.79 Å². The summed E-state index contributed by atoms with van der Waals surface area (Å²) in [6.45, 7) is 3.82. The molecule has 7 nitrogen and oxygen atoms in total. The third kappa shape index (κ3) is 3.55. The van der Waals surface area contributed by atoms with Gasteiger partial charge >= 0.3 is 12.0 Å². The molecule has 2 atom stereocenters. The van der Waals surface area contributed by atoms with E-state index in [2.05, 4.69) is 22.3 Å². The van der Waals surface area contributed by atoms with Crippen molar-refractivity contribution in [1.82, 2.24) is 20.4 Å². The predicted molar refractivity (Wildman–Crippen MR) is 108 cm³/mol. The van der Waals surface area contributed by atoms with Crippen LogP contribution in [-0.2, 0) is 9.53 Å². The number of methoxy groups -OCH3 is 1. The normalized spacial score (nSPS) is 18.5. The number of halogens is 1. The van der Waals surface area contributed by atoms with Gasteiger partial charge in [0.25, 0.3) is 0 Å². The van der Waals surface area contributed by atoms with Crippen LogP contribution in [0.15, 0.2) is 73.1 Å². The van der Waals surface area contributed by atoms with Gasteiger partial charge in [0.15, 0.2) is 0 Å². The van der Waals surface area contributed by atoms with Gasteiger partial charge in [-0.25, -0.2) is 13.9 Å². The SMILES string of the molecule is C=C1NC(=O)N[C@@H](c2cn(-c3ccccc3)nc2-c2ccc(F)cc2)[C@@H]1C(=O)OC. The molecule has 2 amide bonds. The number of para-hydroxylation sites is 1. The van der Waals surface area contributed by atoms with Crippen LogP contribution in [0.1, 0.15) is 11.6 Å². The van der Waals surface area contributed by atoms with Crippen molar-refractivity contribution in [2.45, 2.75) is 6.04 Å². The molecule has 8 heteroatoms. The van der Waals surface area contributed by atoms with Gasteiger partial charge in [0.2, 0.25) is 0 Å². The van der Waals surface area contributed by atoms with Gasteiger partial charge in [-0.2, -0.15) is 5.10 Å². The maximum atomic E-state index is 13.5. The number of amides is 2. The number of aromatic nitrogens is 2. The molecule has 4 rings (SSSR count). The van der Waals surface area contributed by atoms with Crippen LogP contribution in [0.5, 0.6) is 0 Å². The van der Waals surface area contributed by atoms with Gasteiger partial charge in [0.1, 0.15) is 11.7 Å². The number of carbonyl (C=O) groups is 2. The van der Waals surface area contributed by atoms with E-state index in [0.29, 0.717) is 16.8 Å². The molecule has 1 saturated heterocycles. The Morgan fingerprint density at radius 2 is 1.87 bits per heavy atom. The predicted octanol–water partition coefficient (Wildman–Crippen LogP) is 3.34. The Labute approximate surface area is 172 Å². The minimum absolute atomic E-state index is 0.230. The third-order valence-electron chi connectivity index (χ3n) is 4.94. The van der Waals surface area contributed by atoms with Crippen LogP contribution in [0, 0.1) is 11.7 Å². The van der Waals surface area contributed by atoms with Gasteiger partial charge in [-0.05, 0) is 36.4 Å². The largest absolute Gasteiger partial charge is 0.468 e. The fourth-order valence-electron chi connectivity index (χ4n) is 3.51. The van der Waals surface area contributed by atoms with Gasteiger partial charge in [-0.1, -0.05) is 24.8 Å². The van der Waals surface area contributed by atoms with Gasteiger partial charge < -0.3 is 15.4 Å². The molecule has 1 aliphatic heterocycles. The van der Waals surface area contributed by atoms with Crippen LogP contribution in [-0.4, -0.2) is 28.9 Å². The molecule has 0 radical (unpaired) electrons. The van der Waals surface area contributed by atoms with Crippen LogP contribution in [0.2, 0.25) is 0 Å². The van der Waals surface area contributed by atoms with Crippen molar-refractivity contribution in [3.8, 4) is 16.9 Å². The average Bonchev–Trinajstić information content (AvgIpc) is 3.19. The standard InChI is InChI=1S/C22H19FN4O3/c1-13-18(21(28)30-2)20(25-22(29)24-13)17-12-27(16-6-4-3-5-7-16)26-19(17)14-8-10-15(23)11-9-14/h3-12,18,20H,1H2,2H3,(H2,24,25,29)/t18-,20+/m1/s1. The third-order valence-corrected chi connectivity index (χ3v) is 4.94. The minimum Gasteiger partial charge on any atom is -0.468 e. The summed E-state index contributed by atoms with van der Waals surface area (Å²) >= 11 is 0. The zero-order valence-electron chi connectivity index (χ0n) is 16.1. The van der Waals surface area contributed by atoms with E-state index in [1.807, 2.05) is 30.3 Å². The molecule has 2 heterocycles. The maximum absolute atomic E-state index is 13.5. The number of nitrogens with zero attached hydrogens (tertiary/aromatic N) is 2. The molecule has 30 heavy (non-hydrogen) atoms. The lowest BCUT2D eigenvalue weighted by atomic mass is 9.88. The van der Waals surface area contributed by atoms with Crippen LogP contribution < -0.4 is 10.6 Å². The molecule has 0 saturated carbocycles. The number of ether oxygens (including phenoxy) is 1. The maximum Gasteiger partial charge on any atom is 0.319 e. The fourth-order valence-corrected chi connectivity index (χ4v) is 3.51. The van der Waals surface area contributed by atoms with E-state index in [4.69, 9.17) is 4.74 Å². The monoisotopic (exact) mass is 406 g/mol. The molecule has 0 aliphatic carbocycles. The molecule has 152 valence electrons. The molecule has 0 unspecified atom stereocenters. The number of urea groups is 1. The van der Waals surface area contributed by atoms with Crippen LogP contribution in [0.4, 0.5) is 9.18 Å². The van der Waals surface area contributed by atoms with Crippen molar-refractivity contribution >= 4 is 12.0 Å². The molecular weight excluding hydrogens is 387 g/mol. The van der Waals surface area contributed by atoms with E-state index in [1.165, 1.54) is 19.2 Å². The van der Waals surface area contributed by atoms with E-state index in [0.717, 1.165) is 5.69 Å². The quantitative estimate of drug-likeness (QED) is 0.651. The van der Waals surface area contributed by atoms with Crippen molar-refractivity contribution in [3.63, 3.8) is 0 Å². The number of esters is 1. The Kier molecular flexibility index (Phi) is 5.05. The topological polar surface area (TPSA) is 85.3 Å². The number of rotatable bonds is 4. The Morgan fingerprint density at radius 1 is 1.17 bits per heavy atom. The first-order chi connectivity index (χ1) is 14.5. The van der Waals surface area contributed by atoms with Gasteiger partial charge in [-0.15, -0.1) is 0 Å².